The van der Waals surface area contributed by atoms with Gasteiger partial charge in [0.25, 0.3) is 0 Å². The molecule has 0 saturated heterocycles. The van der Waals surface area contributed by atoms with Gasteiger partial charge in [0.15, 0.2) is 0 Å². The summed E-state index contributed by atoms with van der Waals surface area (Å²) in [5, 5.41) is 2.13. The highest BCUT2D eigenvalue weighted by Gasteiger charge is 2.22. The summed E-state index contributed by atoms with van der Waals surface area (Å²) in [5.74, 6) is 0.426. The van der Waals surface area contributed by atoms with E-state index in [2.05, 4.69) is 76.6 Å². The second-order valence-electron chi connectivity index (χ2n) is 5.15. The second kappa shape index (κ2) is 7.36. The molecule has 2 atom stereocenters. The summed E-state index contributed by atoms with van der Waals surface area (Å²) in [6.45, 7) is 3.86. The molecular formula is C16H21BrN2S. The lowest BCUT2D eigenvalue weighted by molar-refractivity contribution is 0.214. The molecule has 2 nitrogen and oxygen atoms in total. The zero-order chi connectivity index (χ0) is 14.5. The van der Waals surface area contributed by atoms with Crippen LogP contribution in [0.1, 0.15) is 23.3 Å². The normalized spacial score (nSPS) is 14.4. The maximum atomic E-state index is 6.02. The first kappa shape index (κ1) is 15.7. The van der Waals surface area contributed by atoms with E-state index in [1.165, 1.54) is 10.4 Å². The van der Waals surface area contributed by atoms with Gasteiger partial charge in [-0.1, -0.05) is 37.3 Å². The minimum Gasteiger partial charge on any atom is -0.329 e. The van der Waals surface area contributed by atoms with Crippen molar-refractivity contribution in [3.05, 3.63) is 56.7 Å². The Balaban J connectivity index is 2.07. The predicted octanol–water partition coefficient (Wildman–Crippen LogP) is 4.07. The third-order valence-corrected chi connectivity index (χ3v) is 5.42. The fraction of sp³-hybridized carbons (Fsp3) is 0.375. The Bertz CT molecular complexity index is 526. The number of thiophene rings is 1. The van der Waals surface area contributed by atoms with Crippen molar-refractivity contribution >= 4 is 27.3 Å². The number of nitrogens with zero attached hydrogens (tertiary/aromatic N) is 1. The van der Waals surface area contributed by atoms with Crippen molar-refractivity contribution in [1.82, 2.24) is 4.90 Å². The summed E-state index contributed by atoms with van der Waals surface area (Å²) < 4.78 is 1.16. The molecule has 108 valence electrons. The van der Waals surface area contributed by atoms with E-state index in [1.54, 1.807) is 11.3 Å². The van der Waals surface area contributed by atoms with Gasteiger partial charge in [-0.15, -0.1) is 11.3 Å². The molecule has 0 aliphatic heterocycles. The number of likely N-dealkylation sites (N-methyl/N-ethyl adjacent to an activating group) is 1. The van der Waals surface area contributed by atoms with Crippen LogP contribution >= 0.6 is 27.3 Å². The van der Waals surface area contributed by atoms with Crippen LogP contribution in [0.25, 0.3) is 0 Å². The first-order valence-electron chi connectivity index (χ1n) is 6.80. The minimum atomic E-state index is 0.346. The van der Waals surface area contributed by atoms with Crippen molar-refractivity contribution in [3.8, 4) is 0 Å². The van der Waals surface area contributed by atoms with Gasteiger partial charge in [0.05, 0.1) is 0 Å². The van der Waals surface area contributed by atoms with Crippen molar-refractivity contribution in [2.45, 2.75) is 25.4 Å². The lowest BCUT2D eigenvalue weighted by Gasteiger charge is -2.32. The summed E-state index contributed by atoms with van der Waals surface area (Å²) in [4.78, 5) is 3.72. The zero-order valence-corrected chi connectivity index (χ0v) is 14.3. The number of hydrogen-bond donors (Lipinski definition) is 1. The molecule has 4 heteroatoms. The Morgan fingerprint density at radius 3 is 2.55 bits per heavy atom. The van der Waals surface area contributed by atoms with Crippen molar-refractivity contribution in [2.75, 3.05) is 13.6 Å². The molecule has 2 N–H and O–H groups in total. The standard InChI is InChI=1S/C16H21BrN2S/c1-12(13-6-4-3-5-7-13)16(9-18)19(2)10-15-8-14(17)11-20-15/h3-8,11-12,16H,9-10,18H2,1-2H3. The van der Waals surface area contributed by atoms with Gasteiger partial charge < -0.3 is 5.73 Å². The summed E-state index contributed by atoms with van der Waals surface area (Å²) in [5.41, 5.74) is 7.37. The highest BCUT2D eigenvalue weighted by Crippen LogP contribution is 2.25. The largest absolute Gasteiger partial charge is 0.329 e. The number of rotatable bonds is 6. The summed E-state index contributed by atoms with van der Waals surface area (Å²) >= 11 is 5.29. The quantitative estimate of drug-likeness (QED) is 0.848. The predicted molar refractivity (Wildman–Crippen MR) is 91.2 cm³/mol. The van der Waals surface area contributed by atoms with Crippen molar-refractivity contribution in [2.24, 2.45) is 5.73 Å². The molecule has 0 saturated carbocycles. The number of hydrogen-bond acceptors (Lipinski definition) is 3. The molecule has 1 aromatic carbocycles. The fourth-order valence-electron chi connectivity index (χ4n) is 2.54. The van der Waals surface area contributed by atoms with Gasteiger partial charge >= 0.3 is 0 Å². The van der Waals surface area contributed by atoms with Crippen molar-refractivity contribution in [1.29, 1.82) is 0 Å². The van der Waals surface area contributed by atoms with E-state index in [9.17, 15) is 0 Å². The smallest absolute Gasteiger partial charge is 0.0329 e. The molecule has 0 radical (unpaired) electrons. The topological polar surface area (TPSA) is 29.3 Å². The molecule has 0 spiro atoms. The Kier molecular flexibility index (Phi) is 5.78. The average Bonchev–Trinajstić information content (AvgIpc) is 2.85. The van der Waals surface area contributed by atoms with E-state index in [4.69, 9.17) is 5.73 Å². The lowest BCUT2D eigenvalue weighted by atomic mass is 9.92. The zero-order valence-electron chi connectivity index (χ0n) is 11.9. The van der Waals surface area contributed by atoms with Crippen LogP contribution in [-0.4, -0.2) is 24.5 Å². The number of benzene rings is 1. The Morgan fingerprint density at radius 2 is 2.00 bits per heavy atom. The van der Waals surface area contributed by atoms with Gasteiger partial charge in [-0.3, -0.25) is 4.90 Å². The maximum Gasteiger partial charge on any atom is 0.0329 e. The second-order valence-corrected chi connectivity index (χ2v) is 7.06. The van der Waals surface area contributed by atoms with Crippen LogP contribution in [0.2, 0.25) is 0 Å². The minimum absolute atomic E-state index is 0.346. The van der Waals surface area contributed by atoms with Gasteiger partial charge in [0.2, 0.25) is 0 Å². The molecule has 0 amide bonds. The molecule has 2 unspecified atom stereocenters. The molecule has 1 aromatic heterocycles. The van der Waals surface area contributed by atoms with Crippen LogP contribution < -0.4 is 5.73 Å². The van der Waals surface area contributed by atoms with E-state index in [-0.39, 0.29) is 0 Å². The van der Waals surface area contributed by atoms with Crippen LogP contribution in [0, 0.1) is 0 Å². The summed E-state index contributed by atoms with van der Waals surface area (Å²) in [6, 6.07) is 13.1. The summed E-state index contributed by atoms with van der Waals surface area (Å²) in [7, 11) is 2.16. The molecule has 0 bridgehead atoms. The molecule has 1 heterocycles. The van der Waals surface area contributed by atoms with E-state index < -0.39 is 0 Å². The first-order valence-corrected chi connectivity index (χ1v) is 8.47. The van der Waals surface area contributed by atoms with Crippen LogP contribution in [-0.2, 0) is 6.54 Å². The Hall–Kier alpha value is -0.680. The van der Waals surface area contributed by atoms with Crippen LogP contribution in [0.4, 0.5) is 0 Å². The van der Waals surface area contributed by atoms with Crippen molar-refractivity contribution in [3.63, 3.8) is 0 Å². The highest BCUT2D eigenvalue weighted by atomic mass is 79.9. The summed E-state index contributed by atoms with van der Waals surface area (Å²) in [6.07, 6.45) is 0. The highest BCUT2D eigenvalue weighted by molar-refractivity contribution is 9.10. The third-order valence-electron chi connectivity index (χ3n) is 3.74. The first-order chi connectivity index (χ1) is 9.61. The Labute approximate surface area is 133 Å². The van der Waals surface area contributed by atoms with Gasteiger partial charge in [-0.05, 0) is 40.5 Å². The van der Waals surface area contributed by atoms with E-state index in [0.717, 1.165) is 11.0 Å². The molecular weight excluding hydrogens is 332 g/mol. The molecule has 2 aromatic rings. The van der Waals surface area contributed by atoms with Gasteiger partial charge in [0.1, 0.15) is 0 Å². The molecule has 0 aliphatic rings. The molecule has 2 rings (SSSR count). The van der Waals surface area contributed by atoms with Gasteiger partial charge in [-0.2, -0.15) is 0 Å². The van der Waals surface area contributed by atoms with E-state index >= 15 is 0 Å². The van der Waals surface area contributed by atoms with Crippen molar-refractivity contribution < 1.29 is 0 Å². The molecule has 0 fully saturated rings. The lowest BCUT2D eigenvalue weighted by Crippen LogP contribution is -2.41. The van der Waals surface area contributed by atoms with Crippen LogP contribution in [0.15, 0.2) is 46.3 Å². The van der Waals surface area contributed by atoms with Gasteiger partial charge in [-0.25, -0.2) is 0 Å². The monoisotopic (exact) mass is 352 g/mol. The van der Waals surface area contributed by atoms with Crippen LogP contribution in [0.5, 0.6) is 0 Å². The number of nitrogens with two attached hydrogens (primary N) is 1. The SMILES string of the molecule is CC(c1ccccc1)C(CN)N(C)Cc1cc(Br)cs1. The van der Waals surface area contributed by atoms with E-state index in [1.807, 2.05) is 0 Å². The average molecular weight is 353 g/mol. The Morgan fingerprint density at radius 1 is 1.30 bits per heavy atom. The van der Waals surface area contributed by atoms with E-state index in [0.29, 0.717) is 18.5 Å². The third kappa shape index (κ3) is 3.92. The van der Waals surface area contributed by atoms with Crippen LogP contribution in [0.3, 0.4) is 0 Å². The molecule has 20 heavy (non-hydrogen) atoms. The molecule has 0 aliphatic carbocycles. The number of halogens is 1. The fourth-order valence-corrected chi connectivity index (χ4v) is 4.06. The maximum absolute atomic E-state index is 6.02. The van der Waals surface area contributed by atoms with Gasteiger partial charge in [0, 0.05) is 33.9 Å².